The predicted molar refractivity (Wildman–Crippen MR) is 59.3 cm³/mol. The standard InChI is InChI=1S/C12H15NO2/c1-3-12(14)15-11(13-2)9-10-7-5-4-6-8-10/h3-8,11,13H,1,9H2,2H3. The lowest BCUT2D eigenvalue weighted by atomic mass is 10.1. The average molecular weight is 205 g/mol. The van der Waals surface area contributed by atoms with Crippen LogP contribution in [-0.2, 0) is 16.0 Å². The van der Waals surface area contributed by atoms with Gasteiger partial charge in [-0.15, -0.1) is 0 Å². The fourth-order valence-electron chi connectivity index (χ4n) is 1.22. The summed E-state index contributed by atoms with van der Waals surface area (Å²) >= 11 is 0. The van der Waals surface area contributed by atoms with Crippen molar-refractivity contribution in [3.05, 3.63) is 48.6 Å². The van der Waals surface area contributed by atoms with E-state index in [9.17, 15) is 4.79 Å². The number of carbonyl (C=O) groups excluding carboxylic acids is 1. The highest BCUT2D eigenvalue weighted by atomic mass is 16.6. The molecular weight excluding hydrogens is 190 g/mol. The molecule has 0 heterocycles. The van der Waals surface area contributed by atoms with Gasteiger partial charge in [-0.05, 0) is 12.6 Å². The van der Waals surface area contributed by atoms with Crippen LogP contribution < -0.4 is 5.32 Å². The molecule has 1 rings (SSSR count). The summed E-state index contributed by atoms with van der Waals surface area (Å²) in [6.45, 7) is 3.35. The Balaban J connectivity index is 2.54. The summed E-state index contributed by atoms with van der Waals surface area (Å²) in [6.07, 6.45) is 1.50. The van der Waals surface area contributed by atoms with Gasteiger partial charge in [0.25, 0.3) is 0 Å². The molecule has 1 unspecified atom stereocenters. The molecule has 1 N–H and O–H groups in total. The van der Waals surface area contributed by atoms with E-state index < -0.39 is 5.97 Å². The van der Waals surface area contributed by atoms with Crippen LogP contribution in [0.25, 0.3) is 0 Å². The van der Waals surface area contributed by atoms with Crippen molar-refractivity contribution in [3.63, 3.8) is 0 Å². The first-order chi connectivity index (χ1) is 7.26. The minimum absolute atomic E-state index is 0.308. The average Bonchev–Trinajstić information content (AvgIpc) is 2.29. The summed E-state index contributed by atoms with van der Waals surface area (Å²) in [5.74, 6) is -0.412. The summed E-state index contributed by atoms with van der Waals surface area (Å²) < 4.78 is 5.08. The number of hydrogen-bond donors (Lipinski definition) is 1. The van der Waals surface area contributed by atoms with Gasteiger partial charge in [0, 0.05) is 12.5 Å². The first-order valence-electron chi connectivity index (χ1n) is 4.80. The smallest absolute Gasteiger partial charge is 0.331 e. The lowest BCUT2D eigenvalue weighted by Gasteiger charge is -2.15. The Hall–Kier alpha value is -1.61. The highest BCUT2D eigenvalue weighted by molar-refractivity contribution is 5.81. The third-order valence-corrected chi connectivity index (χ3v) is 2.01. The largest absolute Gasteiger partial charge is 0.443 e. The second-order valence-corrected chi connectivity index (χ2v) is 3.11. The maximum Gasteiger partial charge on any atom is 0.331 e. The van der Waals surface area contributed by atoms with E-state index in [1.807, 2.05) is 30.3 Å². The molecule has 0 aliphatic heterocycles. The van der Waals surface area contributed by atoms with Crippen molar-refractivity contribution in [2.45, 2.75) is 12.6 Å². The zero-order valence-corrected chi connectivity index (χ0v) is 8.77. The first-order valence-corrected chi connectivity index (χ1v) is 4.80. The van der Waals surface area contributed by atoms with Crippen LogP contribution in [0.2, 0.25) is 0 Å². The van der Waals surface area contributed by atoms with E-state index in [-0.39, 0.29) is 6.23 Å². The number of likely N-dealkylation sites (N-methyl/N-ethyl adjacent to an activating group) is 1. The van der Waals surface area contributed by atoms with Crippen LogP contribution in [0, 0.1) is 0 Å². The Bertz CT molecular complexity index is 322. The third-order valence-electron chi connectivity index (χ3n) is 2.01. The predicted octanol–water partition coefficient (Wildman–Crippen LogP) is 1.50. The highest BCUT2D eigenvalue weighted by Gasteiger charge is 2.10. The van der Waals surface area contributed by atoms with Crippen molar-refractivity contribution in [1.29, 1.82) is 0 Å². The molecule has 1 aromatic rings. The molecule has 3 heteroatoms. The maximum absolute atomic E-state index is 11.0. The van der Waals surface area contributed by atoms with Gasteiger partial charge in [0.1, 0.15) is 0 Å². The molecule has 15 heavy (non-hydrogen) atoms. The van der Waals surface area contributed by atoms with E-state index >= 15 is 0 Å². The number of nitrogens with one attached hydrogen (secondary N) is 1. The van der Waals surface area contributed by atoms with Crippen molar-refractivity contribution >= 4 is 5.97 Å². The molecule has 0 aliphatic carbocycles. The van der Waals surface area contributed by atoms with Crippen molar-refractivity contribution in [2.75, 3.05) is 7.05 Å². The van der Waals surface area contributed by atoms with Gasteiger partial charge in [0.15, 0.2) is 6.23 Å². The fraction of sp³-hybridized carbons (Fsp3) is 0.250. The number of carbonyl (C=O) groups is 1. The number of rotatable bonds is 5. The molecule has 0 saturated heterocycles. The number of hydrogen-bond acceptors (Lipinski definition) is 3. The van der Waals surface area contributed by atoms with Crippen LogP contribution in [-0.4, -0.2) is 19.2 Å². The molecule has 1 atom stereocenters. The van der Waals surface area contributed by atoms with Crippen LogP contribution in [0.3, 0.4) is 0 Å². The third kappa shape index (κ3) is 3.95. The van der Waals surface area contributed by atoms with Crippen LogP contribution in [0.1, 0.15) is 5.56 Å². The topological polar surface area (TPSA) is 38.3 Å². The lowest BCUT2D eigenvalue weighted by molar-refractivity contribution is -0.144. The molecule has 0 amide bonds. The van der Waals surface area contributed by atoms with Gasteiger partial charge in [0.05, 0.1) is 0 Å². The van der Waals surface area contributed by atoms with Crippen LogP contribution >= 0.6 is 0 Å². The normalized spacial score (nSPS) is 11.8. The van der Waals surface area contributed by atoms with E-state index in [1.54, 1.807) is 7.05 Å². The summed E-state index contributed by atoms with van der Waals surface area (Å²) in [7, 11) is 1.75. The molecule has 0 bridgehead atoms. The van der Waals surface area contributed by atoms with E-state index in [1.165, 1.54) is 0 Å². The van der Waals surface area contributed by atoms with Gasteiger partial charge in [-0.2, -0.15) is 0 Å². The van der Waals surface area contributed by atoms with E-state index in [2.05, 4.69) is 11.9 Å². The van der Waals surface area contributed by atoms with Gasteiger partial charge >= 0.3 is 5.97 Å². The van der Waals surface area contributed by atoms with Gasteiger partial charge in [-0.3, -0.25) is 5.32 Å². The Labute approximate surface area is 89.8 Å². The van der Waals surface area contributed by atoms with E-state index in [4.69, 9.17) is 4.74 Å². The number of esters is 1. The summed E-state index contributed by atoms with van der Waals surface area (Å²) in [6, 6.07) is 9.85. The van der Waals surface area contributed by atoms with E-state index in [0.29, 0.717) is 6.42 Å². The Morgan fingerprint density at radius 2 is 2.20 bits per heavy atom. The molecule has 0 aliphatic rings. The number of benzene rings is 1. The molecule has 80 valence electrons. The fourth-order valence-corrected chi connectivity index (χ4v) is 1.22. The first kappa shape index (κ1) is 11.5. The maximum atomic E-state index is 11.0. The summed E-state index contributed by atoms with van der Waals surface area (Å²) in [5.41, 5.74) is 1.12. The zero-order valence-electron chi connectivity index (χ0n) is 8.77. The zero-order chi connectivity index (χ0) is 11.1. The van der Waals surface area contributed by atoms with Gasteiger partial charge in [-0.1, -0.05) is 36.9 Å². The molecule has 0 fully saturated rings. The second kappa shape index (κ2) is 5.98. The summed E-state index contributed by atoms with van der Waals surface area (Å²) in [5, 5.41) is 2.92. The van der Waals surface area contributed by atoms with Crippen LogP contribution in [0.15, 0.2) is 43.0 Å². The van der Waals surface area contributed by atoms with Crippen molar-refractivity contribution < 1.29 is 9.53 Å². The highest BCUT2D eigenvalue weighted by Crippen LogP contribution is 2.04. The lowest BCUT2D eigenvalue weighted by Crippen LogP contribution is -2.32. The van der Waals surface area contributed by atoms with Crippen molar-refractivity contribution in [2.24, 2.45) is 0 Å². The van der Waals surface area contributed by atoms with Crippen molar-refractivity contribution in [1.82, 2.24) is 5.32 Å². The second-order valence-electron chi connectivity index (χ2n) is 3.11. The van der Waals surface area contributed by atoms with Crippen LogP contribution in [0.5, 0.6) is 0 Å². The van der Waals surface area contributed by atoms with Gasteiger partial charge in [-0.25, -0.2) is 4.79 Å². The quantitative estimate of drug-likeness (QED) is 0.450. The Morgan fingerprint density at radius 1 is 1.53 bits per heavy atom. The van der Waals surface area contributed by atoms with Gasteiger partial charge in [0.2, 0.25) is 0 Å². The molecule has 3 nitrogen and oxygen atoms in total. The molecule has 0 saturated carbocycles. The Morgan fingerprint density at radius 3 is 2.73 bits per heavy atom. The molecular formula is C12H15NO2. The molecule has 0 aromatic heterocycles. The van der Waals surface area contributed by atoms with Gasteiger partial charge < -0.3 is 4.74 Å². The monoisotopic (exact) mass is 205 g/mol. The minimum Gasteiger partial charge on any atom is -0.443 e. The van der Waals surface area contributed by atoms with Crippen LogP contribution in [0.4, 0.5) is 0 Å². The molecule has 0 radical (unpaired) electrons. The van der Waals surface area contributed by atoms with Crippen molar-refractivity contribution in [3.8, 4) is 0 Å². The van der Waals surface area contributed by atoms with E-state index in [0.717, 1.165) is 11.6 Å². The molecule has 1 aromatic carbocycles. The SMILES string of the molecule is C=CC(=O)OC(Cc1ccccc1)NC. The minimum atomic E-state index is -0.412. The molecule has 0 spiro atoms. The number of ether oxygens (including phenoxy) is 1. The Kier molecular flexibility index (Phi) is 4.57. The summed E-state index contributed by atoms with van der Waals surface area (Å²) in [4.78, 5) is 11.0.